The second-order valence-corrected chi connectivity index (χ2v) is 9.80. The molecule has 0 aliphatic heterocycles. The third kappa shape index (κ3) is 2.17. The van der Waals surface area contributed by atoms with Crippen molar-refractivity contribution in [2.24, 2.45) is 7.05 Å². The fourth-order valence-corrected chi connectivity index (χ4v) is 5.53. The zero-order valence-corrected chi connectivity index (χ0v) is 19.5. The van der Waals surface area contributed by atoms with Crippen molar-refractivity contribution in [3.8, 4) is 0 Å². The van der Waals surface area contributed by atoms with Gasteiger partial charge in [-0.3, -0.25) is 0 Å². The number of aromatic nitrogens is 2. The molecule has 3 heterocycles. The number of benzene rings is 3. The Hall–Kier alpha value is -3.64. The highest BCUT2D eigenvalue weighted by Gasteiger charge is 2.30. The quantitative estimate of drug-likeness (QED) is 0.120. The van der Waals surface area contributed by atoms with Crippen LogP contribution in [-0.4, -0.2) is 4.40 Å². The highest BCUT2D eigenvalue weighted by atomic mass is 15.0. The Labute approximate surface area is 187 Å². The lowest BCUT2D eigenvalue weighted by atomic mass is 9.90. The van der Waals surface area contributed by atoms with Crippen molar-refractivity contribution in [2.45, 2.75) is 40.2 Å². The molecule has 0 aliphatic rings. The van der Waals surface area contributed by atoms with E-state index in [0.29, 0.717) is 0 Å². The van der Waals surface area contributed by atoms with E-state index in [9.17, 15) is 0 Å². The van der Waals surface area contributed by atoms with Crippen LogP contribution in [0.25, 0.3) is 53.8 Å². The molecule has 0 saturated heterocycles. The summed E-state index contributed by atoms with van der Waals surface area (Å²) in [6, 6.07) is 15.6. The van der Waals surface area contributed by atoms with E-state index in [1.54, 1.807) is 0 Å². The van der Waals surface area contributed by atoms with Gasteiger partial charge in [0.25, 0.3) is 5.54 Å². The van der Waals surface area contributed by atoms with E-state index in [1.807, 2.05) is 13.8 Å². The average molecular weight is 417 g/mol. The van der Waals surface area contributed by atoms with Crippen LogP contribution < -0.4 is 4.57 Å². The molecular formula is C29H26N3+. The van der Waals surface area contributed by atoms with Gasteiger partial charge in [-0.15, -0.1) is 0 Å². The molecule has 6 aromatic rings. The summed E-state index contributed by atoms with van der Waals surface area (Å²) in [6.07, 6.45) is 2.16. The molecule has 0 fully saturated rings. The van der Waals surface area contributed by atoms with E-state index in [2.05, 4.69) is 90.3 Å². The van der Waals surface area contributed by atoms with Crippen LogP contribution in [0, 0.1) is 27.3 Å². The van der Waals surface area contributed by atoms with Crippen LogP contribution in [0.15, 0.2) is 48.7 Å². The lowest BCUT2D eigenvalue weighted by Gasteiger charge is -2.17. The summed E-state index contributed by atoms with van der Waals surface area (Å²) >= 11 is 0. The molecular weight excluding hydrogens is 390 g/mol. The van der Waals surface area contributed by atoms with Crippen LogP contribution in [0.4, 0.5) is 0 Å². The van der Waals surface area contributed by atoms with Crippen LogP contribution in [0.3, 0.4) is 0 Å². The first-order valence-electron chi connectivity index (χ1n) is 11.1. The normalized spacial score (nSPS) is 12.7. The van der Waals surface area contributed by atoms with Gasteiger partial charge in [0.1, 0.15) is 7.05 Å². The molecule has 6 rings (SSSR count). The molecule has 3 nitrogen and oxygen atoms in total. The lowest BCUT2D eigenvalue weighted by Crippen LogP contribution is -2.29. The van der Waals surface area contributed by atoms with E-state index < -0.39 is 5.54 Å². The van der Waals surface area contributed by atoms with Gasteiger partial charge in [-0.05, 0) is 61.0 Å². The Bertz CT molecular complexity index is 1790. The predicted molar refractivity (Wildman–Crippen MR) is 134 cm³/mol. The number of hydrogen-bond acceptors (Lipinski definition) is 0. The summed E-state index contributed by atoms with van der Waals surface area (Å²) in [4.78, 5) is 3.95. The first-order valence-corrected chi connectivity index (χ1v) is 11.1. The fourth-order valence-electron chi connectivity index (χ4n) is 5.53. The third-order valence-electron chi connectivity index (χ3n) is 7.47. The molecule has 3 aromatic carbocycles. The van der Waals surface area contributed by atoms with Gasteiger partial charge in [0, 0.05) is 36.2 Å². The molecule has 156 valence electrons. The maximum absolute atomic E-state index is 7.80. The topological polar surface area (TPSA) is 12.7 Å². The maximum Gasteiger partial charge on any atom is 0.252 e. The van der Waals surface area contributed by atoms with E-state index in [0.717, 1.165) is 5.56 Å². The number of hydrogen-bond donors (Lipinski definition) is 0. The molecule has 0 amide bonds. The largest absolute Gasteiger partial charge is 0.307 e. The van der Waals surface area contributed by atoms with Crippen LogP contribution in [-0.2, 0) is 12.6 Å². The zero-order valence-electron chi connectivity index (χ0n) is 19.5. The molecule has 3 aromatic heterocycles. The van der Waals surface area contributed by atoms with Gasteiger partial charge in [-0.25, -0.2) is 11.1 Å². The van der Waals surface area contributed by atoms with Gasteiger partial charge in [0.05, 0.1) is 27.3 Å². The summed E-state index contributed by atoms with van der Waals surface area (Å²) in [6.45, 7) is 18.5. The number of rotatable bonds is 1. The van der Waals surface area contributed by atoms with Gasteiger partial charge in [-0.1, -0.05) is 18.2 Å². The Morgan fingerprint density at radius 1 is 0.906 bits per heavy atom. The smallest absolute Gasteiger partial charge is 0.252 e. The minimum absolute atomic E-state index is 0.580. The van der Waals surface area contributed by atoms with Crippen molar-refractivity contribution in [1.29, 1.82) is 0 Å². The first kappa shape index (κ1) is 19.1. The second kappa shape index (κ2) is 5.99. The summed E-state index contributed by atoms with van der Waals surface area (Å²) in [5.41, 5.74) is 9.41. The van der Waals surface area contributed by atoms with E-state index in [4.69, 9.17) is 6.57 Å². The van der Waals surface area contributed by atoms with Crippen molar-refractivity contribution in [1.82, 2.24) is 4.40 Å². The number of nitrogens with zero attached hydrogens (tertiary/aromatic N) is 3. The third-order valence-corrected chi connectivity index (χ3v) is 7.47. The molecule has 0 radical (unpaired) electrons. The summed E-state index contributed by atoms with van der Waals surface area (Å²) in [5, 5.41) is 6.38. The number of fused-ring (bicyclic) bond motifs is 5. The predicted octanol–water partition coefficient (Wildman–Crippen LogP) is 6.89. The molecule has 0 unspecified atom stereocenters. The number of aryl methyl sites for hydroxylation is 4. The van der Waals surface area contributed by atoms with Crippen molar-refractivity contribution in [2.75, 3.05) is 0 Å². The van der Waals surface area contributed by atoms with E-state index >= 15 is 0 Å². The molecule has 0 spiro atoms. The molecule has 3 heteroatoms. The molecule has 32 heavy (non-hydrogen) atoms. The van der Waals surface area contributed by atoms with Gasteiger partial charge >= 0.3 is 0 Å². The second-order valence-electron chi connectivity index (χ2n) is 9.80. The van der Waals surface area contributed by atoms with Gasteiger partial charge in [-0.2, -0.15) is 0 Å². The Balaban J connectivity index is 2.08. The van der Waals surface area contributed by atoms with Crippen LogP contribution in [0.2, 0.25) is 0 Å². The van der Waals surface area contributed by atoms with Gasteiger partial charge in [0.2, 0.25) is 5.52 Å². The zero-order chi connectivity index (χ0) is 22.5. The van der Waals surface area contributed by atoms with Gasteiger partial charge in [0.15, 0.2) is 6.20 Å². The van der Waals surface area contributed by atoms with Crippen LogP contribution in [0.5, 0.6) is 0 Å². The average Bonchev–Trinajstić information content (AvgIpc) is 3.10. The summed E-state index contributed by atoms with van der Waals surface area (Å²) in [7, 11) is 2.15. The highest BCUT2D eigenvalue weighted by molar-refractivity contribution is 6.26. The summed E-state index contributed by atoms with van der Waals surface area (Å²) in [5.74, 6) is 0. The van der Waals surface area contributed by atoms with Crippen molar-refractivity contribution < 1.29 is 4.57 Å². The standard InChI is InChI=1S/C29H26N3/c1-16-9-8-10-21-22-13-17(2)18(3)24-27(22)32(26(16)21)23-15-20(29(4,5)30-6)14-19-11-12-31(7)28(24)25(19)23/h8-15H,1-5,7H3/q+1. The number of pyridine rings is 2. The Morgan fingerprint density at radius 3 is 2.44 bits per heavy atom. The molecule has 0 saturated carbocycles. The van der Waals surface area contributed by atoms with Crippen LogP contribution >= 0.6 is 0 Å². The van der Waals surface area contributed by atoms with Gasteiger partial charge < -0.3 is 9.25 Å². The van der Waals surface area contributed by atoms with Crippen molar-refractivity contribution >= 4 is 49.0 Å². The fraction of sp³-hybridized carbons (Fsp3) is 0.241. The monoisotopic (exact) mass is 416 g/mol. The molecule has 0 atom stereocenters. The first-order chi connectivity index (χ1) is 15.2. The Kier molecular flexibility index (Phi) is 3.57. The highest BCUT2D eigenvalue weighted by Crippen LogP contribution is 2.43. The molecule has 0 aliphatic carbocycles. The maximum atomic E-state index is 7.80. The minimum atomic E-state index is -0.580. The van der Waals surface area contributed by atoms with Crippen molar-refractivity contribution in [3.63, 3.8) is 0 Å². The van der Waals surface area contributed by atoms with E-state index in [1.165, 1.54) is 65.7 Å². The molecule has 0 N–H and O–H groups in total. The van der Waals surface area contributed by atoms with Crippen LogP contribution in [0.1, 0.15) is 36.1 Å². The Morgan fingerprint density at radius 2 is 1.69 bits per heavy atom. The molecule has 0 bridgehead atoms. The SMILES string of the molecule is [C-]#[N+]C(C)(C)c1cc2cc[n+](C)c3c4c(C)c(C)cc5c6cccc(C)c6n(c(c1)c23)c54. The lowest BCUT2D eigenvalue weighted by molar-refractivity contribution is -0.643. The van der Waals surface area contributed by atoms with E-state index in [-0.39, 0.29) is 0 Å². The summed E-state index contributed by atoms with van der Waals surface area (Å²) < 4.78 is 4.74. The minimum Gasteiger partial charge on any atom is -0.307 e. The number of para-hydroxylation sites is 1. The van der Waals surface area contributed by atoms with Crippen molar-refractivity contribution in [3.05, 3.63) is 82.3 Å².